The molecule has 1 rings (SSSR count). The first-order valence-corrected chi connectivity index (χ1v) is 7.45. The van der Waals surface area contributed by atoms with Crippen LogP contribution in [0.5, 0.6) is 0 Å². The van der Waals surface area contributed by atoms with E-state index in [4.69, 9.17) is 9.72 Å². The molecule has 1 unspecified atom stereocenters. The van der Waals surface area contributed by atoms with E-state index in [-0.39, 0.29) is 11.5 Å². The van der Waals surface area contributed by atoms with E-state index in [1.54, 1.807) is 7.11 Å². The topological polar surface area (TPSA) is 47.0 Å². The summed E-state index contributed by atoms with van der Waals surface area (Å²) in [5.74, 6) is 2.04. The number of hydrogen-bond donors (Lipinski definition) is 1. The molecule has 0 aromatic carbocycles. The molecule has 0 aliphatic carbocycles. The van der Waals surface area contributed by atoms with Crippen molar-refractivity contribution in [2.45, 2.75) is 60.0 Å². The van der Waals surface area contributed by atoms with Crippen LogP contribution in [-0.4, -0.2) is 23.6 Å². The van der Waals surface area contributed by atoms with Gasteiger partial charge in [0.05, 0.1) is 0 Å². The predicted molar refractivity (Wildman–Crippen MR) is 84.1 cm³/mol. The molecule has 114 valence electrons. The van der Waals surface area contributed by atoms with Gasteiger partial charge in [-0.3, -0.25) is 0 Å². The van der Waals surface area contributed by atoms with Gasteiger partial charge >= 0.3 is 0 Å². The first-order chi connectivity index (χ1) is 9.29. The molecule has 1 heterocycles. The average Bonchev–Trinajstić information content (AvgIpc) is 2.35. The molecule has 0 saturated carbocycles. The summed E-state index contributed by atoms with van der Waals surface area (Å²) in [6, 6.07) is 2.04. The maximum atomic E-state index is 5.64. The summed E-state index contributed by atoms with van der Waals surface area (Å²) in [5, 5.41) is 3.35. The Morgan fingerprint density at radius 3 is 2.35 bits per heavy atom. The minimum Gasteiger partial charge on any atom is -0.373 e. The highest BCUT2D eigenvalue weighted by Gasteiger charge is 2.29. The molecule has 1 aromatic rings. The quantitative estimate of drug-likeness (QED) is 0.849. The minimum absolute atomic E-state index is 0.0353. The molecule has 1 N–H and O–H groups in total. The molecular formula is C16H29N3O. The number of ether oxygens (including phenoxy) is 1. The highest BCUT2D eigenvalue weighted by Crippen LogP contribution is 2.34. The Morgan fingerprint density at radius 1 is 1.25 bits per heavy atom. The number of nitrogens with zero attached hydrogens (tertiary/aromatic N) is 2. The van der Waals surface area contributed by atoms with E-state index < -0.39 is 0 Å². The fourth-order valence-corrected chi connectivity index (χ4v) is 2.09. The minimum atomic E-state index is -0.108. The maximum Gasteiger partial charge on any atom is 0.160 e. The smallest absolute Gasteiger partial charge is 0.160 e. The largest absolute Gasteiger partial charge is 0.373 e. The van der Waals surface area contributed by atoms with Crippen molar-refractivity contribution in [2.75, 3.05) is 19.0 Å². The van der Waals surface area contributed by atoms with E-state index in [2.05, 4.69) is 51.8 Å². The van der Waals surface area contributed by atoms with Crippen LogP contribution in [0.1, 0.15) is 71.5 Å². The summed E-state index contributed by atoms with van der Waals surface area (Å²) in [4.78, 5) is 9.35. The Bertz CT molecular complexity index is 424. The van der Waals surface area contributed by atoms with Crippen LogP contribution < -0.4 is 5.32 Å². The molecule has 0 spiro atoms. The summed E-state index contributed by atoms with van der Waals surface area (Å²) in [6.45, 7) is 13.8. The SMILES string of the molecule is CCCNc1cc(C(C)C)nc(C(OC)C(C)(C)C)n1. The third kappa shape index (κ3) is 4.44. The van der Waals surface area contributed by atoms with E-state index in [0.29, 0.717) is 5.92 Å². The zero-order valence-electron chi connectivity index (χ0n) is 13.9. The van der Waals surface area contributed by atoms with Crippen molar-refractivity contribution >= 4 is 5.82 Å². The van der Waals surface area contributed by atoms with Crippen molar-refractivity contribution in [1.82, 2.24) is 9.97 Å². The van der Waals surface area contributed by atoms with Gasteiger partial charge in [0.1, 0.15) is 11.9 Å². The number of aromatic nitrogens is 2. The molecule has 1 aromatic heterocycles. The Hall–Kier alpha value is -1.16. The molecule has 0 fully saturated rings. The summed E-state index contributed by atoms with van der Waals surface area (Å²) in [5.41, 5.74) is 1.02. The molecule has 20 heavy (non-hydrogen) atoms. The lowest BCUT2D eigenvalue weighted by Crippen LogP contribution is -2.23. The first-order valence-electron chi connectivity index (χ1n) is 7.45. The molecule has 0 aliphatic heterocycles. The van der Waals surface area contributed by atoms with Gasteiger partial charge in [0.15, 0.2) is 5.82 Å². The second kappa shape index (κ2) is 7.02. The van der Waals surface area contributed by atoms with Gasteiger partial charge in [-0.25, -0.2) is 9.97 Å². The Labute approximate surface area is 123 Å². The molecular weight excluding hydrogens is 250 g/mol. The average molecular weight is 279 g/mol. The lowest BCUT2D eigenvalue weighted by Gasteiger charge is -2.28. The van der Waals surface area contributed by atoms with Crippen LogP contribution in [0.25, 0.3) is 0 Å². The highest BCUT2D eigenvalue weighted by molar-refractivity contribution is 5.37. The molecule has 1 atom stereocenters. The Kier molecular flexibility index (Phi) is 5.93. The van der Waals surface area contributed by atoms with Crippen LogP contribution in [-0.2, 0) is 4.74 Å². The fourth-order valence-electron chi connectivity index (χ4n) is 2.09. The lowest BCUT2D eigenvalue weighted by molar-refractivity contribution is 0.00858. The zero-order chi connectivity index (χ0) is 15.3. The van der Waals surface area contributed by atoms with Crippen molar-refractivity contribution in [3.05, 3.63) is 17.6 Å². The number of rotatable bonds is 6. The van der Waals surface area contributed by atoms with Crippen molar-refractivity contribution in [2.24, 2.45) is 5.41 Å². The molecule has 0 saturated heterocycles. The molecule has 0 bridgehead atoms. The van der Waals surface area contributed by atoms with E-state index in [9.17, 15) is 0 Å². The highest BCUT2D eigenvalue weighted by atomic mass is 16.5. The third-order valence-corrected chi connectivity index (χ3v) is 3.17. The van der Waals surface area contributed by atoms with Crippen molar-refractivity contribution in [3.63, 3.8) is 0 Å². The van der Waals surface area contributed by atoms with Gasteiger partial charge in [-0.05, 0) is 17.8 Å². The van der Waals surface area contributed by atoms with Crippen LogP contribution in [0.2, 0.25) is 0 Å². The number of methoxy groups -OCH3 is 1. The normalized spacial score (nSPS) is 13.6. The van der Waals surface area contributed by atoms with E-state index in [1.807, 2.05) is 6.07 Å². The summed E-state index contributed by atoms with van der Waals surface area (Å²) in [7, 11) is 1.72. The summed E-state index contributed by atoms with van der Waals surface area (Å²) in [6.07, 6.45) is 0.965. The number of anilines is 1. The Morgan fingerprint density at radius 2 is 1.90 bits per heavy atom. The van der Waals surface area contributed by atoms with E-state index in [1.165, 1.54) is 0 Å². The second-order valence-electron chi connectivity index (χ2n) is 6.60. The van der Waals surface area contributed by atoms with Crippen LogP contribution in [0, 0.1) is 5.41 Å². The molecule has 4 nitrogen and oxygen atoms in total. The maximum absolute atomic E-state index is 5.64. The summed E-state index contributed by atoms with van der Waals surface area (Å²) >= 11 is 0. The van der Waals surface area contributed by atoms with E-state index >= 15 is 0 Å². The van der Waals surface area contributed by atoms with Gasteiger partial charge in [-0.1, -0.05) is 41.5 Å². The van der Waals surface area contributed by atoms with Crippen LogP contribution in [0.3, 0.4) is 0 Å². The standard InChI is InChI=1S/C16H29N3O/c1-8-9-17-13-10-12(11(2)3)18-15(19-13)14(20-7)16(4,5)6/h10-11,14H,8-9H2,1-7H3,(H,17,18,19). The van der Waals surface area contributed by atoms with Crippen molar-refractivity contribution in [1.29, 1.82) is 0 Å². The Balaban J connectivity index is 3.19. The zero-order valence-corrected chi connectivity index (χ0v) is 13.9. The van der Waals surface area contributed by atoms with Gasteiger partial charge < -0.3 is 10.1 Å². The molecule has 0 amide bonds. The third-order valence-electron chi connectivity index (χ3n) is 3.17. The monoisotopic (exact) mass is 279 g/mol. The molecule has 4 heteroatoms. The summed E-state index contributed by atoms with van der Waals surface area (Å²) < 4.78 is 5.64. The number of hydrogen-bond acceptors (Lipinski definition) is 4. The number of nitrogens with one attached hydrogen (secondary N) is 1. The molecule has 0 radical (unpaired) electrons. The van der Waals surface area contributed by atoms with Gasteiger partial charge in [-0.15, -0.1) is 0 Å². The second-order valence-corrected chi connectivity index (χ2v) is 6.60. The van der Waals surface area contributed by atoms with E-state index in [0.717, 1.165) is 30.3 Å². The van der Waals surface area contributed by atoms with Crippen molar-refractivity contribution < 1.29 is 4.74 Å². The van der Waals surface area contributed by atoms with Crippen LogP contribution in [0.4, 0.5) is 5.82 Å². The van der Waals surface area contributed by atoms with Gasteiger partial charge in [-0.2, -0.15) is 0 Å². The van der Waals surface area contributed by atoms with Crippen molar-refractivity contribution in [3.8, 4) is 0 Å². The van der Waals surface area contributed by atoms with Gasteiger partial charge in [0.2, 0.25) is 0 Å². The predicted octanol–water partition coefficient (Wildman–Crippen LogP) is 4.16. The van der Waals surface area contributed by atoms with Gasteiger partial charge in [0.25, 0.3) is 0 Å². The fraction of sp³-hybridized carbons (Fsp3) is 0.750. The lowest BCUT2D eigenvalue weighted by atomic mass is 9.88. The van der Waals surface area contributed by atoms with Gasteiger partial charge in [0, 0.05) is 25.4 Å². The van der Waals surface area contributed by atoms with Crippen LogP contribution in [0.15, 0.2) is 6.07 Å². The van der Waals surface area contributed by atoms with Crippen LogP contribution >= 0.6 is 0 Å². The first kappa shape index (κ1) is 16.9. The molecule has 0 aliphatic rings.